The van der Waals surface area contributed by atoms with Gasteiger partial charge in [-0.05, 0) is 62.1 Å². The molecule has 0 heterocycles. The van der Waals surface area contributed by atoms with Crippen LogP contribution < -0.4 is 15.0 Å². The maximum absolute atomic E-state index is 13.3. The molecule has 0 aliphatic heterocycles. The van der Waals surface area contributed by atoms with Crippen LogP contribution in [-0.4, -0.2) is 69.8 Å². The Morgan fingerprint density at radius 3 is 2.34 bits per heavy atom. The van der Waals surface area contributed by atoms with Gasteiger partial charge in [-0.1, -0.05) is 29.7 Å². The molecule has 0 saturated carbocycles. The molecule has 0 aliphatic carbocycles. The third-order valence-electron chi connectivity index (χ3n) is 5.61. The minimum Gasteiger partial charge on any atom is -0.494 e. The Morgan fingerprint density at radius 1 is 1.08 bits per heavy atom. The van der Waals surface area contributed by atoms with Crippen molar-refractivity contribution in [2.45, 2.75) is 0 Å². The molecule has 1 N–H and O–H groups in total. The summed E-state index contributed by atoms with van der Waals surface area (Å²) in [6.07, 6.45) is 7.79. The molecule has 0 fully saturated rings. The molecule has 3 aromatic rings. The number of hydrazone groups is 1. The van der Waals surface area contributed by atoms with Gasteiger partial charge in [-0.3, -0.25) is 19.5 Å². The summed E-state index contributed by atoms with van der Waals surface area (Å²) < 4.78 is 5.51. The second-order valence-electron chi connectivity index (χ2n) is 8.68. The molecule has 0 unspecified atom stereocenters. The SMILES string of the molecule is C#Cc1ccc(NC(=O)c2cc(Cl)cc(OC)c2N(C=O)c2ccc(C=NN(C)CCN(C)C)cc2)cc1. The highest BCUT2D eigenvalue weighted by Gasteiger charge is 2.24. The fourth-order valence-electron chi connectivity index (χ4n) is 3.53. The van der Waals surface area contributed by atoms with Crippen molar-refractivity contribution in [3.8, 4) is 18.1 Å². The third-order valence-corrected chi connectivity index (χ3v) is 5.82. The van der Waals surface area contributed by atoms with Crippen LogP contribution in [0.3, 0.4) is 0 Å². The number of carbonyl (C=O) groups is 2. The molecule has 2 amide bonds. The predicted octanol–water partition coefficient (Wildman–Crippen LogP) is 4.70. The number of amides is 2. The average molecular weight is 532 g/mol. The minimum atomic E-state index is -0.467. The number of nitrogens with zero attached hydrogens (tertiary/aromatic N) is 4. The molecule has 0 aromatic heterocycles. The van der Waals surface area contributed by atoms with Crippen molar-refractivity contribution in [3.05, 3.63) is 82.4 Å². The zero-order valence-corrected chi connectivity index (χ0v) is 22.6. The highest BCUT2D eigenvalue weighted by atomic mass is 35.5. The predicted molar refractivity (Wildman–Crippen MR) is 154 cm³/mol. The van der Waals surface area contributed by atoms with Crippen molar-refractivity contribution in [1.29, 1.82) is 0 Å². The van der Waals surface area contributed by atoms with Gasteiger partial charge in [0, 0.05) is 48.2 Å². The van der Waals surface area contributed by atoms with Crippen LogP contribution in [-0.2, 0) is 4.79 Å². The summed E-state index contributed by atoms with van der Waals surface area (Å²) in [4.78, 5) is 29.1. The van der Waals surface area contributed by atoms with E-state index in [1.807, 2.05) is 38.3 Å². The monoisotopic (exact) mass is 531 g/mol. The minimum absolute atomic E-state index is 0.163. The van der Waals surface area contributed by atoms with Crippen LogP contribution in [0.15, 0.2) is 65.8 Å². The molecule has 0 bridgehead atoms. The number of hydrogen-bond donors (Lipinski definition) is 1. The molecule has 9 heteroatoms. The summed E-state index contributed by atoms with van der Waals surface area (Å²) in [6, 6.07) is 17.1. The number of methoxy groups -OCH3 is 1. The molecule has 8 nitrogen and oxygen atoms in total. The van der Waals surface area contributed by atoms with Gasteiger partial charge in [0.25, 0.3) is 5.91 Å². The van der Waals surface area contributed by atoms with E-state index in [0.717, 1.165) is 18.7 Å². The van der Waals surface area contributed by atoms with Crippen molar-refractivity contribution >= 4 is 47.2 Å². The van der Waals surface area contributed by atoms with Gasteiger partial charge < -0.3 is 15.0 Å². The number of anilines is 3. The summed E-state index contributed by atoms with van der Waals surface area (Å²) in [5.74, 6) is 2.34. The van der Waals surface area contributed by atoms with Gasteiger partial charge in [-0.2, -0.15) is 5.10 Å². The van der Waals surface area contributed by atoms with Gasteiger partial charge in [0.15, 0.2) is 0 Å². The normalized spacial score (nSPS) is 10.8. The van der Waals surface area contributed by atoms with E-state index in [1.165, 1.54) is 18.1 Å². The van der Waals surface area contributed by atoms with Crippen LogP contribution in [0.25, 0.3) is 0 Å². The van der Waals surface area contributed by atoms with E-state index >= 15 is 0 Å². The number of rotatable bonds is 11. The third kappa shape index (κ3) is 7.35. The summed E-state index contributed by atoms with van der Waals surface area (Å²) in [7, 11) is 7.38. The largest absolute Gasteiger partial charge is 0.494 e. The smallest absolute Gasteiger partial charge is 0.257 e. The van der Waals surface area contributed by atoms with E-state index in [0.29, 0.717) is 23.3 Å². The molecular weight excluding hydrogens is 502 g/mol. The number of carbonyl (C=O) groups excluding carboxylic acids is 2. The van der Waals surface area contributed by atoms with Crippen LogP contribution in [0.5, 0.6) is 5.75 Å². The van der Waals surface area contributed by atoms with Crippen molar-refractivity contribution in [1.82, 2.24) is 9.91 Å². The lowest BCUT2D eigenvalue weighted by Crippen LogP contribution is -2.25. The molecule has 196 valence electrons. The Kier molecular flexibility index (Phi) is 9.88. The first-order valence-electron chi connectivity index (χ1n) is 11.8. The first-order chi connectivity index (χ1) is 18.2. The lowest BCUT2D eigenvalue weighted by Gasteiger charge is -2.23. The number of ether oxygens (including phenoxy) is 1. The first-order valence-corrected chi connectivity index (χ1v) is 12.1. The Balaban J connectivity index is 1.91. The zero-order chi connectivity index (χ0) is 27.7. The Bertz CT molecular complexity index is 1330. The van der Waals surface area contributed by atoms with E-state index < -0.39 is 5.91 Å². The van der Waals surface area contributed by atoms with Gasteiger partial charge >= 0.3 is 0 Å². The van der Waals surface area contributed by atoms with Crippen LogP contribution in [0.1, 0.15) is 21.5 Å². The molecule has 3 rings (SSSR count). The van der Waals surface area contributed by atoms with Crippen LogP contribution in [0.4, 0.5) is 17.1 Å². The molecule has 0 aliphatic rings. The van der Waals surface area contributed by atoms with Crippen molar-refractivity contribution in [2.24, 2.45) is 5.10 Å². The Morgan fingerprint density at radius 2 is 1.76 bits per heavy atom. The van der Waals surface area contributed by atoms with E-state index in [1.54, 1.807) is 48.7 Å². The molecule has 0 saturated heterocycles. The second kappa shape index (κ2) is 13.3. The van der Waals surface area contributed by atoms with E-state index in [2.05, 4.69) is 21.2 Å². The first kappa shape index (κ1) is 28.3. The quantitative estimate of drug-likeness (QED) is 0.168. The van der Waals surface area contributed by atoms with Gasteiger partial charge in [-0.15, -0.1) is 6.42 Å². The highest BCUT2D eigenvalue weighted by molar-refractivity contribution is 6.31. The molecule has 3 aromatic carbocycles. The van der Waals surface area contributed by atoms with Crippen molar-refractivity contribution in [2.75, 3.05) is 51.6 Å². The van der Waals surface area contributed by atoms with Crippen LogP contribution in [0, 0.1) is 12.3 Å². The molecular formula is C29H30ClN5O3. The lowest BCUT2D eigenvalue weighted by atomic mass is 10.1. The summed E-state index contributed by atoms with van der Waals surface area (Å²) in [5.41, 5.74) is 3.04. The van der Waals surface area contributed by atoms with Gasteiger partial charge in [0.1, 0.15) is 11.4 Å². The van der Waals surface area contributed by atoms with E-state index in [9.17, 15) is 9.59 Å². The van der Waals surface area contributed by atoms with Gasteiger partial charge in [0.2, 0.25) is 6.41 Å². The van der Waals surface area contributed by atoms with Crippen LogP contribution in [0.2, 0.25) is 5.02 Å². The Labute approximate surface area is 228 Å². The van der Waals surface area contributed by atoms with E-state index in [4.69, 9.17) is 22.8 Å². The maximum Gasteiger partial charge on any atom is 0.257 e. The number of terminal acetylenes is 1. The van der Waals surface area contributed by atoms with Crippen molar-refractivity contribution in [3.63, 3.8) is 0 Å². The Hall–Kier alpha value is -4.32. The second-order valence-corrected chi connectivity index (χ2v) is 9.11. The molecule has 0 radical (unpaired) electrons. The van der Waals surface area contributed by atoms with E-state index in [-0.39, 0.29) is 22.0 Å². The fourth-order valence-corrected chi connectivity index (χ4v) is 3.74. The summed E-state index contributed by atoms with van der Waals surface area (Å²) in [6.45, 7) is 1.67. The van der Waals surface area contributed by atoms with Gasteiger partial charge in [0.05, 0.1) is 18.9 Å². The highest BCUT2D eigenvalue weighted by Crippen LogP contribution is 2.39. The summed E-state index contributed by atoms with van der Waals surface area (Å²) >= 11 is 6.29. The molecule has 0 atom stereocenters. The number of likely N-dealkylation sites (N-methyl/N-ethyl adjacent to an activating group) is 2. The maximum atomic E-state index is 13.3. The summed E-state index contributed by atoms with van der Waals surface area (Å²) in [5, 5.41) is 9.41. The lowest BCUT2D eigenvalue weighted by molar-refractivity contribution is -0.106. The average Bonchev–Trinajstić information content (AvgIpc) is 2.92. The topological polar surface area (TPSA) is 77.5 Å². The zero-order valence-electron chi connectivity index (χ0n) is 21.8. The van der Waals surface area contributed by atoms with Crippen LogP contribution >= 0.6 is 11.6 Å². The number of halogens is 1. The standard InChI is InChI=1S/C29H30ClN5O3/c1-6-21-7-11-24(12-8-21)32-29(37)26-17-23(30)18-27(38-5)28(26)35(20-36)25-13-9-22(10-14-25)19-31-34(4)16-15-33(2)3/h1,7-14,17-20H,15-16H2,2-5H3,(H,32,37). The van der Waals surface area contributed by atoms with Crippen molar-refractivity contribution < 1.29 is 14.3 Å². The number of nitrogens with one attached hydrogen (secondary N) is 1. The van der Waals surface area contributed by atoms with Gasteiger partial charge in [-0.25, -0.2) is 0 Å². The molecule has 38 heavy (non-hydrogen) atoms. The fraction of sp³-hybridized carbons (Fsp3) is 0.207. The number of benzene rings is 3. The number of hydrogen-bond acceptors (Lipinski definition) is 6. The molecule has 0 spiro atoms.